The third-order valence-electron chi connectivity index (χ3n) is 4.75. The Morgan fingerprint density at radius 1 is 0.857 bits per heavy atom. The average molecular weight is 368 g/mol. The maximum Gasteiger partial charge on any atom is 0.252 e. The normalized spacial score (nSPS) is 11.8. The van der Waals surface area contributed by atoms with Gasteiger partial charge in [0.15, 0.2) is 0 Å². The number of nitrogens with zero attached hydrogens (tertiary/aromatic N) is 1. The second kappa shape index (κ2) is 7.92. The number of aromatic nitrogens is 1. The van der Waals surface area contributed by atoms with E-state index in [4.69, 9.17) is 4.74 Å². The van der Waals surface area contributed by atoms with Crippen molar-refractivity contribution >= 4 is 16.8 Å². The Hall–Kier alpha value is -3.66. The molecule has 1 unspecified atom stereocenters. The molecule has 0 aliphatic rings. The zero-order chi connectivity index (χ0) is 19.3. The molecule has 0 saturated heterocycles. The third kappa shape index (κ3) is 3.58. The summed E-state index contributed by atoms with van der Waals surface area (Å²) in [5.41, 5.74) is 3.41. The molecule has 1 heterocycles. The highest BCUT2D eigenvalue weighted by Crippen LogP contribution is 2.25. The lowest BCUT2D eigenvalue weighted by Gasteiger charge is -2.20. The topological polar surface area (TPSA) is 51.2 Å². The molecule has 0 fully saturated rings. The molecule has 0 bridgehead atoms. The molecule has 0 aliphatic carbocycles. The minimum Gasteiger partial charge on any atom is -0.497 e. The molecule has 28 heavy (non-hydrogen) atoms. The van der Waals surface area contributed by atoms with Crippen molar-refractivity contribution in [2.24, 2.45) is 0 Å². The number of hydrogen-bond acceptors (Lipinski definition) is 3. The summed E-state index contributed by atoms with van der Waals surface area (Å²) in [6, 6.07) is 26.8. The van der Waals surface area contributed by atoms with Crippen LogP contribution < -0.4 is 10.1 Å². The van der Waals surface area contributed by atoms with Gasteiger partial charge in [-0.1, -0.05) is 60.7 Å². The highest BCUT2D eigenvalue weighted by Gasteiger charge is 2.19. The minimum atomic E-state index is -0.272. The van der Waals surface area contributed by atoms with Crippen LogP contribution in [0.4, 0.5) is 0 Å². The summed E-state index contributed by atoms with van der Waals surface area (Å²) in [7, 11) is 1.64. The number of methoxy groups -OCH3 is 1. The molecule has 3 aromatic carbocycles. The highest BCUT2D eigenvalue weighted by atomic mass is 16.5. The van der Waals surface area contributed by atoms with Crippen molar-refractivity contribution < 1.29 is 9.53 Å². The van der Waals surface area contributed by atoms with Crippen molar-refractivity contribution in [1.29, 1.82) is 0 Å². The first-order valence-electron chi connectivity index (χ1n) is 9.10. The molecule has 0 radical (unpaired) electrons. The van der Waals surface area contributed by atoms with E-state index in [0.29, 0.717) is 5.56 Å². The van der Waals surface area contributed by atoms with Gasteiger partial charge in [0.05, 0.1) is 24.2 Å². The smallest absolute Gasteiger partial charge is 0.252 e. The molecule has 4 nitrogen and oxygen atoms in total. The van der Waals surface area contributed by atoms with Crippen molar-refractivity contribution in [3.63, 3.8) is 0 Å². The van der Waals surface area contributed by atoms with Crippen LogP contribution in [0.15, 0.2) is 91.1 Å². The summed E-state index contributed by atoms with van der Waals surface area (Å²) in [5.74, 6) is 0.644. The van der Waals surface area contributed by atoms with Crippen LogP contribution in [0.1, 0.15) is 27.5 Å². The third-order valence-corrected chi connectivity index (χ3v) is 4.75. The van der Waals surface area contributed by atoms with Crippen molar-refractivity contribution in [2.75, 3.05) is 7.11 Å². The second-order valence-corrected chi connectivity index (χ2v) is 6.47. The second-order valence-electron chi connectivity index (χ2n) is 6.47. The van der Waals surface area contributed by atoms with E-state index in [1.807, 2.05) is 78.9 Å². The molecule has 1 N–H and O–H groups in total. The number of para-hydroxylation sites is 1. The van der Waals surface area contributed by atoms with E-state index in [0.717, 1.165) is 27.8 Å². The SMILES string of the molecule is COc1ccc(C(NC(=O)c2ccnc3ccccc23)c2ccccc2)cc1. The number of pyridine rings is 1. The Bertz CT molecular complexity index is 1090. The van der Waals surface area contributed by atoms with Crippen molar-refractivity contribution in [3.05, 3.63) is 108 Å². The molecular formula is C24H20N2O2. The number of amides is 1. The Balaban J connectivity index is 1.71. The maximum absolute atomic E-state index is 13.2. The lowest BCUT2D eigenvalue weighted by atomic mass is 9.97. The van der Waals surface area contributed by atoms with Gasteiger partial charge in [0.25, 0.3) is 5.91 Å². The van der Waals surface area contributed by atoms with Crippen LogP contribution in [0.3, 0.4) is 0 Å². The highest BCUT2D eigenvalue weighted by molar-refractivity contribution is 6.06. The van der Waals surface area contributed by atoms with Crippen molar-refractivity contribution in [2.45, 2.75) is 6.04 Å². The fourth-order valence-corrected chi connectivity index (χ4v) is 3.30. The minimum absolute atomic E-state index is 0.136. The Labute approximate surface area is 163 Å². The van der Waals surface area contributed by atoms with Crippen molar-refractivity contribution in [1.82, 2.24) is 10.3 Å². The number of rotatable bonds is 5. The van der Waals surface area contributed by atoms with E-state index in [9.17, 15) is 4.79 Å². The summed E-state index contributed by atoms with van der Waals surface area (Å²) < 4.78 is 5.26. The molecule has 138 valence electrons. The molecule has 0 aliphatic heterocycles. The van der Waals surface area contributed by atoms with Gasteiger partial charge in [-0.25, -0.2) is 0 Å². The van der Waals surface area contributed by atoms with Crippen LogP contribution in [0.5, 0.6) is 5.75 Å². The van der Waals surface area contributed by atoms with Gasteiger partial charge in [0.2, 0.25) is 0 Å². The fraction of sp³-hybridized carbons (Fsp3) is 0.0833. The molecule has 1 atom stereocenters. The van der Waals surface area contributed by atoms with E-state index < -0.39 is 0 Å². The standard InChI is InChI=1S/C24H20N2O2/c1-28-19-13-11-18(12-14-19)23(17-7-3-2-4-8-17)26-24(27)21-15-16-25-22-10-6-5-9-20(21)22/h2-16,23H,1H3,(H,26,27). The molecular weight excluding hydrogens is 348 g/mol. The summed E-state index contributed by atoms with van der Waals surface area (Å²) in [5, 5.41) is 4.03. The van der Waals surface area contributed by atoms with Crippen LogP contribution in [-0.4, -0.2) is 18.0 Å². The molecule has 1 amide bonds. The summed E-state index contributed by atoms with van der Waals surface area (Å²) in [6.45, 7) is 0. The number of carbonyl (C=O) groups is 1. The van der Waals surface area contributed by atoms with Gasteiger partial charge < -0.3 is 10.1 Å². The Morgan fingerprint density at radius 2 is 1.54 bits per heavy atom. The molecule has 4 rings (SSSR count). The molecule has 4 heteroatoms. The monoisotopic (exact) mass is 368 g/mol. The van der Waals surface area contributed by atoms with Crippen LogP contribution in [0.2, 0.25) is 0 Å². The van der Waals surface area contributed by atoms with Gasteiger partial charge in [-0.05, 0) is 35.4 Å². The molecule has 0 saturated carbocycles. The van der Waals surface area contributed by atoms with Gasteiger partial charge in [-0.3, -0.25) is 9.78 Å². The van der Waals surface area contributed by atoms with E-state index in [1.54, 1.807) is 19.4 Å². The number of carbonyl (C=O) groups excluding carboxylic acids is 1. The fourth-order valence-electron chi connectivity index (χ4n) is 3.30. The van der Waals surface area contributed by atoms with Crippen LogP contribution in [-0.2, 0) is 0 Å². The van der Waals surface area contributed by atoms with Crippen LogP contribution >= 0.6 is 0 Å². The molecule has 1 aromatic heterocycles. The van der Waals surface area contributed by atoms with Gasteiger partial charge >= 0.3 is 0 Å². The van der Waals surface area contributed by atoms with E-state index in [1.165, 1.54) is 0 Å². The lowest BCUT2D eigenvalue weighted by Crippen LogP contribution is -2.29. The summed E-state index contributed by atoms with van der Waals surface area (Å²) in [6.07, 6.45) is 1.67. The number of hydrogen-bond donors (Lipinski definition) is 1. The first-order chi connectivity index (χ1) is 13.8. The zero-order valence-corrected chi connectivity index (χ0v) is 15.5. The van der Waals surface area contributed by atoms with Gasteiger partial charge in [0.1, 0.15) is 5.75 Å². The van der Waals surface area contributed by atoms with Crippen LogP contribution in [0, 0.1) is 0 Å². The maximum atomic E-state index is 13.2. The van der Waals surface area contributed by atoms with Crippen molar-refractivity contribution in [3.8, 4) is 5.75 Å². The number of benzene rings is 3. The Kier molecular flexibility index (Phi) is 5.02. The predicted molar refractivity (Wildman–Crippen MR) is 110 cm³/mol. The van der Waals surface area contributed by atoms with E-state index in [-0.39, 0.29) is 11.9 Å². The number of fused-ring (bicyclic) bond motifs is 1. The quantitative estimate of drug-likeness (QED) is 0.552. The summed E-state index contributed by atoms with van der Waals surface area (Å²) in [4.78, 5) is 17.5. The zero-order valence-electron chi connectivity index (χ0n) is 15.5. The van der Waals surface area contributed by atoms with E-state index in [2.05, 4.69) is 10.3 Å². The molecule has 0 spiro atoms. The van der Waals surface area contributed by atoms with Gasteiger partial charge in [-0.15, -0.1) is 0 Å². The van der Waals surface area contributed by atoms with Gasteiger partial charge in [-0.2, -0.15) is 0 Å². The van der Waals surface area contributed by atoms with E-state index >= 15 is 0 Å². The largest absolute Gasteiger partial charge is 0.497 e. The summed E-state index contributed by atoms with van der Waals surface area (Å²) >= 11 is 0. The molecule has 4 aromatic rings. The average Bonchev–Trinajstić information content (AvgIpc) is 2.77. The lowest BCUT2D eigenvalue weighted by molar-refractivity contribution is 0.0944. The number of nitrogens with one attached hydrogen (secondary N) is 1. The van der Waals surface area contributed by atoms with Gasteiger partial charge in [0, 0.05) is 11.6 Å². The first-order valence-corrected chi connectivity index (χ1v) is 9.10. The van der Waals surface area contributed by atoms with Crippen LogP contribution in [0.25, 0.3) is 10.9 Å². The number of ether oxygens (including phenoxy) is 1. The first kappa shape index (κ1) is 17.7. The predicted octanol–water partition coefficient (Wildman–Crippen LogP) is 4.76. The Morgan fingerprint density at radius 3 is 2.29 bits per heavy atom.